The van der Waals surface area contributed by atoms with Crippen LogP contribution in [0.2, 0.25) is 0 Å². The predicted octanol–water partition coefficient (Wildman–Crippen LogP) is 1.17. The number of hydrogen-bond donors (Lipinski definition) is 2. The average Bonchev–Trinajstić information content (AvgIpc) is 2.83. The van der Waals surface area contributed by atoms with Crippen LogP contribution in [-0.2, 0) is 16.3 Å². The lowest BCUT2D eigenvalue weighted by Crippen LogP contribution is -2.43. The van der Waals surface area contributed by atoms with Crippen LogP contribution in [-0.4, -0.2) is 52.6 Å². The van der Waals surface area contributed by atoms with E-state index >= 15 is 0 Å². The molecule has 2 N–H and O–H groups in total. The first-order valence-corrected chi connectivity index (χ1v) is 9.69. The molecule has 0 aliphatic carbocycles. The summed E-state index contributed by atoms with van der Waals surface area (Å²) in [6, 6.07) is 7.82. The standard InChI is InChI=1S/C16H25N3O3S/c1-19(2)15-7-5-13(6-8-15)4-3-10-17-16(20)18-14-9-11-23(21,22)12-14/h5-8,14H,3-4,9-12H2,1-2H3,(H2,17,18,20)/t14-/m1/s1. The quantitative estimate of drug-likeness (QED) is 0.763. The summed E-state index contributed by atoms with van der Waals surface area (Å²) in [6.07, 6.45) is 2.25. The number of nitrogens with zero attached hydrogens (tertiary/aromatic N) is 1. The second-order valence-corrected chi connectivity index (χ2v) is 8.39. The highest BCUT2D eigenvalue weighted by Crippen LogP contribution is 2.13. The van der Waals surface area contributed by atoms with Crippen molar-refractivity contribution < 1.29 is 13.2 Å². The topological polar surface area (TPSA) is 78.5 Å². The van der Waals surface area contributed by atoms with Crippen molar-refractivity contribution in [2.24, 2.45) is 0 Å². The second-order valence-electron chi connectivity index (χ2n) is 6.16. The van der Waals surface area contributed by atoms with Crippen molar-refractivity contribution in [3.8, 4) is 0 Å². The Balaban J connectivity index is 1.64. The van der Waals surface area contributed by atoms with Crippen molar-refractivity contribution in [2.75, 3.05) is 37.0 Å². The maximum Gasteiger partial charge on any atom is 0.315 e. The van der Waals surface area contributed by atoms with Crippen molar-refractivity contribution in [3.05, 3.63) is 29.8 Å². The fourth-order valence-electron chi connectivity index (χ4n) is 2.60. The first kappa shape index (κ1) is 17.6. The number of nitrogens with one attached hydrogen (secondary N) is 2. The van der Waals surface area contributed by atoms with E-state index in [4.69, 9.17) is 0 Å². The molecule has 1 aliphatic rings. The van der Waals surface area contributed by atoms with Crippen LogP contribution in [0, 0.1) is 0 Å². The summed E-state index contributed by atoms with van der Waals surface area (Å²) in [5, 5.41) is 5.50. The largest absolute Gasteiger partial charge is 0.378 e. The highest BCUT2D eigenvalue weighted by molar-refractivity contribution is 7.91. The molecule has 0 saturated carbocycles. The van der Waals surface area contributed by atoms with Gasteiger partial charge in [0.25, 0.3) is 0 Å². The minimum Gasteiger partial charge on any atom is -0.378 e. The van der Waals surface area contributed by atoms with E-state index in [9.17, 15) is 13.2 Å². The Bertz CT molecular complexity index is 626. The fraction of sp³-hybridized carbons (Fsp3) is 0.562. The summed E-state index contributed by atoms with van der Waals surface area (Å²) in [5.74, 6) is 0.222. The van der Waals surface area contributed by atoms with E-state index in [1.807, 2.05) is 14.1 Å². The molecule has 0 aromatic heterocycles. The average molecular weight is 339 g/mol. The number of hydrogen-bond acceptors (Lipinski definition) is 4. The van der Waals surface area contributed by atoms with Gasteiger partial charge in [-0.15, -0.1) is 0 Å². The lowest BCUT2D eigenvalue weighted by molar-refractivity contribution is 0.238. The van der Waals surface area contributed by atoms with Crippen LogP contribution in [0.3, 0.4) is 0 Å². The molecular weight excluding hydrogens is 314 g/mol. The van der Waals surface area contributed by atoms with Gasteiger partial charge in [-0.1, -0.05) is 12.1 Å². The van der Waals surface area contributed by atoms with Gasteiger partial charge in [-0.25, -0.2) is 13.2 Å². The number of anilines is 1. The van der Waals surface area contributed by atoms with E-state index in [1.165, 1.54) is 5.56 Å². The number of sulfone groups is 1. The normalized spacial score (nSPS) is 19.3. The van der Waals surface area contributed by atoms with E-state index < -0.39 is 9.84 Å². The molecular formula is C16H25N3O3S. The number of urea groups is 1. The molecule has 0 radical (unpaired) electrons. The number of rotatable bonds is 6. The number of amides is 2. The number of carbonyl (C=O) groups excluding carboxylic acids is 1. The number of benzene rings is 1. The zero-order chi connectivity index (χ0) is 16.9. The minimum atomic E-state index is -2.96. The minimum absolute atomic E-state index is 0.0542. The third-order valence-electron chi connectivity index (χ3n) is 3.95. The fourth-order valence-corrected chi connectivity index (χ4v) is 4.27. The molecule has 23 heavy (non-hydrogen) atoms. The van der Waals surface area contributed by atoms with Crippen LogP contribution in [0.1, 0.15) is 18.4 Å². The lowest BCUT2D eigenvalue weighted by atomic mass is 10.1. The molecule has 1 atom stereocenters. The molecule has 6 nitrogen and oxygen atoms in total. The highest BCUT2D eigenvalue weighted by Gasteiger charge is 2.28. The summed E-state index contributed by atoms with van der Waals surface area (Å²) in [5.41, 5.74) is 2.40. The molecule has 1 fully saturated rings. The van der Waals surface area contributed by atoms with Gasteiger partial charge in [0.05, 0.1) is 11.5 Å². The third-order valence-corrected chi connectivity index (χ3v) is 5.72. The summed E-state index contributed by atoms with van der Waals surface area (Å²) < 4.78 is 22.7. The van der Waals surface area contributed by atoms with Gasteiger partial charge in [-0.3, -0.25) is 0 Å². The predicted molar refractivity (Wildman–Crippen MR) is 92.7 cm³/mol. The third kappa shape index (κ3) is 5.74. The van der Waals surface area contributed by atoms with Crippen molar-refractivity contribution in [1.29, 1.82) is 0 Å². The highest BCUT2D eigenvalue weighted by atomic mass is 32.2. The van der Waals surface area contributed by atoms with Crippen LogP contribution in [0.15, 0.2) is 24.3 Å². The lowest BCUT2D eigenvalue weighted by Gasteiger charge is -2.13. The van der Waals surface area contributed by atoms with E-state index in [-0.39, 0.29) is 23.6 Å². The Kier molecular flexibility index (Phi) is 5.87. The van der Waals surface area contributed by atoms with E-state index in [0.29, 0.717) is 13.0 Å². The molecule has 0 unspecified atom stereocenters. The SMILES string of the molecule is CN(C)c1ccc(CCCNC(=O)N[C@@H]2CCS(=O)(=O)C2)cc1. The number of carbonyl (C=O) groups is 1. The molecule has 1 aromatic carbocycles. The smallest absolute Gasteiger partial charge is 0.315 e. The molecule has 2 amide bonds. The second kappa shape index (κ2) is 7.68. The molecule has 7 heteroatoms. The Morgan fingerprint density at radius 2 is 1.96 bits per heavy atom. The van der Waals surface area contributed by atoms with Crippen molar-refractivity contribution in [1.82, 2.24) is 10.6 Å². The molecule has 1 aliphatic heterocycles. The summed E-state index contributed by atoms with van der Waals surface area (Å²) in [6.45, 7) is 0.570. The van der Waals surface area contributed by atoms with Crippen molar-refractivity contribution >= 4 is 21.6 Å². The summed E-state index contributed by atoms with van der Waals surface area (Å²) >= 11 is 0. The molecule has 2 rings (SSSR count). The first-order chi connectivity index (χ1) is 10.9. The van der Waals surface area contributed by atoms with Gasteiger partial charge in [0, 0.05) is 32.4 Å². The first-order valence-electron chi connectivity index (χ1n) is 7.87. The van der Waals surface area contributed by atoms with Crippen LogP contribution >= 0.6 is 0 Å². The van der Waals surface area contributed by atoms with Crippen LogP contribution < -0.4 is 15.5 Å². The van der Waals surface area contributed by atoms with Gasteiger partial charge in [0.2, 0.25) is 0 Å². The van der Waals surface area contributed by atoms with Crippen molar-refractivity contribution in [2.45, 2.75) is 25.3 Å². The summed E-state index contributed by atoms with van der Waals surface area (Å²) in [7, 11) is 1.06. The molecule has 1 heterocycles. The van der Waals surface area contributed by atoms with E-state index in [0.717, 1.165) is 18.5 Å². The Labute approximate surface area is 138 Å². The zero-order valence-corrected chi connectivity index (χ0v) is 14.5. The molecule has 1 aromatic rings. The van der Waals surface area contributed by atoms with Crippen LogP contribution in [0.4, 0.5) is 10.5 Å². The van der Waals surface area contributed by atoms with Crippen LogP contribution in [0.5, 0.6) is 0 Å². The van der Waals surface area contributed by atoms with Crippen molar-refractivity contribution in [3.63, 3.8) is 0 Å². The van der Waals surface area contributed by atoms with Gasteiger partial charge in [-0.05, 0) is 37.0 Å². The molecule has 128 valence electrons. The molecule has 0 bridgehead atoms. The Hall–Kier alpha value is -1.76. The van der Waals surface area contributed by atoms with Gasteiger partial charge in [0.1, 0.15) is 0 Å². The summed E-state index contributed by atoms with van der Waals surface area (Å²) in [4.78, 5) is 13.8. The Morgan fingerprint density at radius 1 is 1.26 bits per heavy atom. The van der Waals surface area contributed by atoms with E-state index in [2.05, 4.69) is 39.8 Å². The van der Waals surface area contributed by atoms with Crippen LogP contribution in [0.25, 0.3) is 0 Å². The van der Waals surface area contributed by atoms with Gasteiger partial charge >= 0.3 is 6.03 Å². The van der Waals surface area contributed by atoms with Gasteiger partial charge in [0.15, 0.2) is 9.84 Å². The molecule has 1 saturated heterocycles. The Morgan fingerprint density at radius 3 is 2.52 bits per heavy atom. The maximum absolute atomic E-state index is 11.7. The van der Waals surface area contributed by atoms with E-state index in [1.54, 1.807) is 0 Å². The van der Waals surface area contributed by atoms with Gasteiger partial charge < -0.3 is 15.5 Å². The monoisotopic (exact) mass is 339 g/mol. The number of aryl methyl sites for hydroxylation is 1. The zero-order valence-electron chi connectivity index (χ0n) is 13.7. The maximum atomic E-state index is 11.7. The van der Waals surface area contributed by atoms with Gasteiger partial charge in [-0.2, -0.15) is 0 Å². The molecule has 0 spiro atoms.